The Labute approximate surface area is 157 Å². The second-order valence-electron chi connectivity index (χ2n) is 6.33. The molecule has 2 aromatic rings. The molecule has 27 heavy (non-hydrogen) atoms. The first-order valence-corrected chi connectivity index (χ1v) is 8.60. The molecular formula is C19H22N4O4. The molecule has 0 spiro atoms. The predicted molar refractivity (Wildman–Crippen MR) is 97.7 cm³/mol. The molecule has 1 aliphatic heterocycles. The maximum absolute atomic E-state index is 12.6. The monoisotopic (exact) mass is 370 g/mol. The Balaban J connectivity index is 1.58. The highest BCUT2D eigenvalue weighted by molar-refractivity contribution is 6.05. The van der Waals surface area contributed by atoms with E-state index in [-0.39, 0.29) is 18.9 Å². The molecule has 1 aromatic heterocycles. The molecule has 0 bridgehead atoms. The van der Waals surface area contributed by atoms with Gasteiger partial charge in [0.2, 0.25) is 5.91 Å². The number of amides is 4. The molecule has 4 amide bonds. The summed E-state index contributed by atoms with van der Waals surface area (Å²) < 4.78 is 7.16. The molecule has 1 unspecified atom stereocenters. The third kappa shape index (κ3) is 4.11. The van der Waals surface area contributed by atoms with Crippen LogP contribution >= 0.6 is 0 Å². The van der Waals surface area contributed by atoms with Gasteiger partial charge in [0.05, 0.1) is 26.6 Å². The number of benzene rings is 1. The third-order valence-electron chi connectivity index (χ3n) is 4.54. The third-order valence-corrected chi connectivity index (χ3v) is 4.54. The second-order valence-corrected chi connectivity index (χ2v) is 6.33. The quantitative estimate of drug-likeness (QED) is 0.716. The number of methoxy groups -OCH3 is 1. The summed E-state index contributed by atoms with van der Waals surface area (Å²) in [6.45, 7) is 0.457. The number of hydrogen-bond acceptors (Lipinski definition) is 4. The van der Waals surface area contributed by atoms with Crippen molar-refractivity contribution in [1.82, 2.24) is 20.1 Å². The molecule has 8 heteroatoms. The van der Waals surface area contributed by atoms with Gasteiger partial charge in [-0.15, -0.1) is 0 Å². The van der Waals surface area contributed by atoms with Crippen molar-refractivity contribution in [2.75, 3.05) is 7.11 Å². The standard InChI is InChI=1S/C19H22N4O4/c1-22-9-5-7-14(22)11-20-17(24)10-15-18(25)23(19(26)21-15)12-13-6-3-4-8-16(13)27-2/h3-9,15H,10-12H2,1-2H3,(H,20,24)(H,21,26). The number of ether oxygens (including phenoxy) is 1. The number of nitrogens with zero attached hydrogens (tertiary/aromatic N) is 2. The van der Waals surface area contributed by atoms with E-state index in [0.29, 0.717) is 12.3 Å². The van der Waals surface area contributed by atoms with Gasteiger partial charge in [0, 0.05) is 24.5 Å². The largest absolute Gasteiger partial charge is 0.496 e. The van der Waals surface area contributed by atoms with Crippen LogP contribution in [-0.2, 0) is 29.7 Å². The molecule has 0 aliphatic carbocycles. The van der Waals surface area contributed by atoms with Crippen LogP contribution < -0.4 is 15.4 Å². The Morgan fingerprint density at radius 2 is 2.00 bits per heavy atom. The first-order valence-electron chi connectivity index (χ1n) is 8.60. The molecule has 142 valence electrons. The lowest BCUT2D eigenvalue weighted by atomic mass is 10.1. The number of nitrogens with one attached hydrogen (secondary N) is 2. The van der Waals surface area contributed by atoms with Crippen LogP contribution in [0, 0.1) is 0 Å². The van der Waals surface area contributed by atoms with Gasteiger partial charge in [0.15, 0.2) is 0 Å². The number of urea groups is 1. The fourth-order valence-corrected chi connectivity index (χ4v) is 3.00. The van der Waals surface area contributed by atoms with Crippen molar-refractivity contribution in [3.8, 4) is 5.75 Å². The van der Waals surface area contributed by atoms with Crippen molar-refractivity contribution in [2.24, 2.45) is 7.05 Å². The van der Waals surface area contributed by atoms with Gasteiger partial charge in [-0.3, -0.25) is 14.5 Å². The van der Waals surface area contributed by atoms with E-state index in [1.165, 1.54) is 7.11 Å². The Hall–Kier alpha value is -3.29. The SMILES string of the molecule is COc1ccccc1CN1C(=O)NC(CC(=O)NCc2cccn2C)C1=O. The minimum atomic E-state index is -0.861. The topological polar surface area (TPSA) is 92.7 Å². The highest BCUT2D eigenvalue weighted by atomic mass is 16.5. The molecule has 1 aliphatic rings. The molecule has 2 N–H and O–H groups in total. The van der Waals surface area contributed by atoms with E-state index in [1.54, 1.807) is 12.1 Å². The Morgan fingerprint density at radius 1 is 1.22 bits per heavy atom. The molecule has 0 saturated carbocycles. The molecule has 0 radical (unpaired) electrons. The fourth-order valence-electron chi connectivity index (χ4n) is 3.00. The van der Waals surface area contributed by atoms with Crippen LogP contribution in [0.4, 0.5) is 4.79 Å². The summed E-state index contributed by atoms with van der Waals surface area (Å²) in [5.74, 6) is -0.115. The molecule has 8 nitrogen and oxygen atoms in total. The van der Waals surface area contributed by atoms with Crippen molar-refractivity contribution in [2.45, 2.75) is 25.6 Å². The summed E-state index contributed by atoms with van der Waals surface area (Å²) in [6.07, 6.45) is 1.79. The van der Waals surface area contributed by atoms with Gasteiger partial charge in [-0.05, 0) is 18.2 Å². The first-order chi connectivity index (χ1) is 13.0. The van der Waals surface area contributed by atoms with Gasteiger partial charge in [-0.2, -0.15) is 0 Å². The number of rotatable bonds is 7. The van der Waals surface area contributed by atoms with E-state index in [9.17, 15) is 14.4 Å². The van der Waals surface area contributed by atoms with Crippen LogP contribution in [0.3, 0.4) is 0 Å². The second kappa shape index (κ2) is 7.94. The number of aryl methyl sites for hydroxylation is 1. The lowest BCUT2D eigenvalue weighted by molar-refractivity contribution is -0.131. The van der Waals surface area contributed by atoms with Crippen molar-refractivity contribution in [3.63, 3.8) is 0 Å². The first kappa shape index (κ1) is 18.5. The summed E-state index contributed by atoms with van der Waals surface area (Å²) in [5, 5.41) is 5.35. The minimum absolute atomic E-state index is 0.0934. The van der Waals surface area contributed by atoms with Gasteiger partial charge in [0.1, 0.15) is 11.8 Å². The van der Waals surface area contributed by atoms with E-state index in [1.807, 2.05) is 42.1 Å². The Kier molecular flexibility index (Phi) is 5.44. The van der Waals surface area contributed by atoms with Crippen LogP contribution in [0.15, 0.2) is 42.6 Å². The number of para-hydroxylation sites is 1. The van der Waals surface area contributed by atoms with Crippen molar-refractivity contribution in [1.29, 1.82) is 0 Å². The zero-order valence-electron chi connectivity index (χ0n) is 15.3. The number of imide groups is 1. The van der Waals surface area contributed by atoms with Crippen LogP contribution in [0.1, 0.15) is 17.7 Å². The number of hydrogen-bond donors (Lipinski definition) is 2. The summed E-state index contributed by atoms with van der Waals surface area (Å²) >= 11 is 0. The zero-order valence-corrected chi connectivity index (χ0v) is 15.3. The van der Waals surface area contributed by atoms with Gasteiger partial charge < -0.3 is 19.9 Å². The lowest BCUT2D eigenvalue weighted by Gasteiger charge is -2.15. The van der Waals surface area contributed by atoms with E-state index >= 15 is 0 Å². The smallest absolute Gasteiger partial charge is 0.325 e. The molecule has 1 fully saturated rings. The normalized spacial score (nSPS) is 16.4. The summed E-state index contributed by atoms with van der Waals surface area (Å²) in [4.78, 5) is 38.0. The minimum Gasteiger partial charge on any atom is -0.496 e. The summed E-state index contributed by atoms with van der Waals surface area (Å²) in [7, 11) is 3.42. The van der Waals surface area contributed by atoms with E-state index in [4.69, 9.17) is 4.74 Å². The van der Waals surface area contributed by atoms with Crippen molar-refractivity contribution in [3.05, 3.63) is 53.9 Å². The molecule has 1 atom stereocenters. The predicted octanol–water partition coefficient (Wildman–Crippen LogP) is 1.16. The van der Waals surface area contributed by atoms with Crippen LogP contribution in [0.2, 0.25) is 0 Å². The number of aromatic nitrogens is 1. The van der Waals surface area contributed by atoms with Gasteiger partial charge >= 0.3 is 6.03 Å². The van der Waals surface area contributed by atoms with E-state index in [2.05, 4.69) is 10.6 Å². The van der Waals surface area contributed by atoms with Crippen molar-refractivity contribution >= 4 is 17.8 Å². The molecule has 1 aromatic carbocycles. The van der Waals surface area contributed by atoms with E-state index in [0.717, 1.165) is 16.2 Å². The van der Waals surface area contributed by atoms with Crippen LogP contribution in [-0.4, -0.2) is 40.5 Å². The summed E-state index contributed by atoms with van der Waals surface area (Å²) in [5.41, 5.74) is 1.67. The van der Waals surface area contributed by atoms with Gasteiger partial charge in [-0.1, -0.05) is 18.2 Å². The highest BCUT2D eigenvalue weighted by Gasteiger charge is 2.39. The molecule has 1 saturated heterocycles. The van der Waals surface area contributed by atoms with Crippen molar-refractivity contribution < 1.29 is 19.1 Å². The Morgan fingerprint density at radius 3 is 2.70 bits per heavy atom. The number of carbonyl (C=O) groups is 3. The maximum atomic E-state index is 12.6. The summed E-state index contributed by atoms with van der Waals surface area (Å²) in [6, 6.07) is 9.60. The van der Waals surface area contributed by atoms with Crippen LogP contribution in [0.25, 0.3) is 0 Å². The molecule has 2 heterocycles. The van der Waals surface area contributed by atoms with Gasteiger partial charge in [-0.25, -0.2) is 4.79 Å². The zero-order chi connectivity index (χ0) is 19.4. The maximum Gasteiger partial charge on any atom is 0.325 e. The lowest BCUT2D eigenvalue weighted by Crippen LogP contribution is -2.36. The highest BCUT2D eigenvalue weighted by Crippen LogP contribution is 2.21. The van der Waals surface area contributed by atoms with Gasteiger partial charge in [0.25, 0.3) is 5.91 Å². The molecule has 3 rings (SSSR count). The number of carbonyl (C=O) groups excluding carboxylic acids is 3. The Bertz CT molecular complexity index is 861. The average molecular weight is 370 g/mol. The average Bonchev–Trinajstić information content (AvgIpc) is 3.18. The fraction of sp³-hybridized carbons (Fsp3) is 0.316. The van der Waals surface area contributed by atoms with E-state index < -0.39 is 18.0 Å². The van der Waals surface area contributed by atoms with Crippen LogP contribution in [0.5, 0.6) is 5.75 Å². The molecular weight excluding hydrogens is 348 g/mol.